The molecule has 2 aromatic rings. The molecule has 2 atom stereocenters. The summed E-state index contributed by atoms with van der Waals surface area (Å²) in [6.07, 6.45) is 1.28. The second-order valence-corrected chi connectivity index (χ2v) is 9.53. The number of halogens is 1. The zero-order chi connectivity index (χ0) is 23.5. The van der Waals surface area contributed by atoms with Crippen LogP contribution in [-0.4, -0.2) is 24.9 Å². The van der Waals surface area contributed by atoms with Crippen LogP contribution in [0.4, 0.5) is 0 Å². The molecule has 174 valence electrons. The smallest absolute Gasteiger partial charge is 0.225 e. The number of benzene rings is 2. The Hall–Kier alpha value is -2.79. The third kappa shape index (κ3) is 5.25. The number of rotatable bonds is 7. The van der Waals surface area contributed by atoms with E-state index in [1.165, 1.54) is 0 Å². The SMILES string of the molecule is CCOc1ccc(C2CC(=O)NC3=C2C(=O)CC(c2ccc(OCC(C)C)cc2)C3)cc1Cl. The third-order valence-electron chi connectivity index (χ3n) is 6.13. The number of ether oxygens (including phenoxy) is 2. The van der Waals surface area contributed by atoms with Crippen molar-refractivity contribution in [2.75, 3.05) is 13.2 Å². The molecule has 0 radical (unpaired) electrons. The Labute approximate surface area is 200 Å². The van der Waals surface area contributed by atoms with Gasteiger partial charge in [0, 0.05) is 30.0 Å². The summed E-state index contributed by atoms with van der Waals surface area (Å²) in [6.45, 7) is 7.31. The molecule has 2 aromatic carbocycles. The highest BCUT2D eigenvalue weighted by atomic mass is 35.5. The number of carbonyl (C=O) groups is 2. The molecule has 6 heteroatoms. The molecule has 1 aliphatic heterocycles. The van der Waals surface area contributed by atoms with Gasteiger partial charge in [-0.1, -0.05) is 43.6 Å². The van der Waals surface area contributed by atoms with Crippen LogP contribution in [0.15, 0.2) is 53.7 Å². The van der Waals surface area contributed by atoms with E-state index in [4.69, 9.17) is 21.1 Å². The maximum Gasteiger partial charge on any atom is 0.225 e. The Morgan fingerprint density at radius 3 is 2.39 bits per heavy atom. The first-order chi connectivity index (χ1) is 15.9. The zero-order valence-electron chi connectivity index (χ0n) is 19.3. The van der Waals surface area contributed by atoms with Crippen molar-refractivity contribution < 1.29 is 19.1 Å². The molecule has 0 saturated heterocycles. The number of Topliss-reactive ketones (excluding diaryl/α,β-unsaturated/α-hetero) is 1. The molecule has 0 spiro atoms. The fourth-order valence-corrected chi connectivity index (χ4v) is 4.83. The molecule has 0 saturated carbocycles. The maximum atomic E-state index is 13.3. The van der Waals surface area contributed by atoms with Crippen molar-refractivity contribution in [3.8, 4) is 11.5 Å². The van der Waals surface area contributed by atoms with Gasteiger partial charge in [0.1, 0.15) is 11.5 Å². The second-order valence-electron chi connectivity index (χ2n) is 9.12. The third-order valence-corrected chi connectivity index (χ3v) is 6.42. The Morgan fingerprint density at radius 1 is 1.00 bits per heavy atom. The maximum absolute atomic E-state index is 13.3. The average Bonchev–Trinajstić information content (AvgIpc) is 2.78. The topological polar surface area (TPSA) is 64.6 Å². The Morgan fingerprint density at radius 2 is 1.73 bits per heavy atom. The molecular formula is C27H30ClNO4. The number of nitrogens with one attached hydrogen (secondary N) is 1. The quantitative estimate of drug-likeness (QED) is 0.560. The van der Waals surface area contributed by atoms with E-state index in [2.05, 4.69) is 19.2 Å². The number of ketones is 1. The van der Waals surface area contributed by atoms with Gasteiger partial charge in [0.05, 0.1) is 18.2 Å². The number of allylic oxidation sites excluding steroid dienone is 2. The number of hydrogen-bond acceptors (Lipinski definition) is 4. The Balaban J connectivity index is 1.57. The van der Waals surface area contributed by atoms with Gasteiger partial charge in [-0.3, -0.25) is 9.59 Å². The summed E-state index contributed by atoms with van der Waals surface area (Å²) in [7, 11) is 0. The minimum Gasteiger partial charge on any atom is -0.493 e. The molecule has 0 fully saturated rings. The summed E-state index contributed by atoms with van der Waals surface area (Å²) < 4.78 is 11.3. The lowest BCUT2D eigenvalue weighted by molar-refractivity contribution is -0.122. The van der Waals surface area contributed by atoms with Crippen LogP contribution in [0.2, 0.25) is 5.02 Å². The van der Waals surface area contributed by atoms with Crippen LogP contribution < -0.4 is 14.8 Å². The number of amides is 1. The summed E-state index contributed by atoms with van der Waals surface area (Å²) >= 11 is 6.39. The van der Waals surface area contributed by atoms with Gasteiger partial charge < -0.3 is 14.8 Å². The standard InChI is InChI=1S/C27H30ClNO4/c1-4-32-25-10-7-18(11-22(25)28)21-14-26(31)29-23-12-19(13-24(30)27(21)23)17-5-8-20(9-6-17)33-15-16(2)3/h5-11,16,19,21H,4,12-15H2,1-3H3,(H,29,31). The van der Waals surface area contributed by atoms with Crippen LogP contribution in [0.5, 0.6) is 11.5 Å². The molecule has 1 aliphatic carbocycles. The summed E-state index contributed by atoms with van der Waals surface area (Å²) in [5, 5.41) is 3.47. The van der Waals surface area contributed by atoms with Crippen LogP contribution in [0, 0.1) is 5.92 Å². The monoisotopic (exact) mass is 467 g/mol. The van der Waals surface area contributed by atoms with E-state index < -0.39 is 0 Å². The van der Waals surface area contributed by atoms with Gasteiger partial charge in [-0.05, 0) is 60.6 Å². The van der Waals surface area contributed by atoms with E-state index >= 15 is 0 Å². The lowest BCUT2D eigenvalue weighted by Crippen LogP contribution is -2.38. The van der Waals surface area contributed by atoms with Gasteiger partial charge in [0.2, 0.25) is 5.91 Å². The van der Waals surface area contributed by atoms with Crippen LogP contribution in [0.3, 0.4) is 0 Å². The van der Waals surface area contributed by atoms with Gasteiger partial charge in [-0.15, -0.1) is 0 Å². The fourth-order valence-electron chi connectivity index (χ4n) is 4.59. The molecule has 1 amide bonds. The van der Waals surface area contributed by atoms with Gasteiger partial charge in [0.25, 0.3) is 0 Å². The van der Waals surface area contributed by atoms with Crippen molar-refractivity contribution in [1.29, 1.82) is 0 Å². The number of hydrogen-bond donors (Lipinski definition) is 1. The lowest BCUT2D eigenvalue weighted by Gasteiger charge is -2.34. The summed E-state index contributed by atoms with van der Waals surface area (Å²) in [5.41, 5.74) is 3.39. The average molecular weight is 468 g/mol. The molecule has 1 N–H and O–H groups in total. The summed E-state index contributed by atoms with van der Waals surface area (Å²) in [6, 6.07) is 13.5. The van der Waals surface area contributed by atoms with Crippen molar-refractivity contribution in [1.82, 2.24) is 5.32 Å². The van der Waals surface area contributed by atoms with Crippen LogP contribution >= 0.6 is 11.6 Å². The lowest BCUT2D eigenvalue weighted by atomic mass is 9.73. The van der Waals surface area contributed by atoms with Crippen molar-refractivity contribution in [3.05, 3.63) is 69.9 Å². The van der Waals surface area contributed by atoms with Gasteiger partial charge in [-0.2, -0.15) is 0 Å². The van der Waals surface area contributed by atoms with Crippen LogP contribution in [-0.2, 0) is 9.59 Å². The van der Waals surface area contributed by atoms with Crippen molar-refractivity contribution >= 4 is 23.3 Å². The fraction of sp³-hybridized carbons (Fsp3) is 0.407. The molecule has 0 aromatic heterocycles. The van der Waals surface area contributed by atoms with Crippen LogP contribution in [0.25, 0.3) is 0 Å². The first kappa shape index (κ1) is 23.4. The predicted molar refractivity (Wildman–Crippen MR) is 129 cm³/mol. The van der Waals surface area contributed by atoms with E-state index in [9.17, 15) is 9.59 Å². The minimum atomic E-state index is -0.290. The van der Waals surface area contributed by atoms with Gasteiger partial charge in [0.15, 0.2) is 5.78 Å². The molecule has 2 unspecified atom stereocenters. The largest absolute Gasteiger partial charge is 0.493 e. The molecule has 1 heterocycles. The molecule has 33 heavy (non-hydrogen) atoms. The molecule has 2 aliphatic rings. The first-order valence-corrected chi connectivity index (χ1v) is 11.9. The van der Waals surface area contributed by atoms with Crippen molar-refractivity contribution in [2.45, 2.75) is 51.9 Å². The van der Waals surface area contributed by atoms with E-state index in [-0.39, 0.29) is 29.9 Å². The Kier molecular flexibility index (Phi) is 7.08. The number of carbonyl (C=O) groups excluding carboxylic acids is 2. The summed E-state index contributed by atoms with van der Waals surface area (Å²) in [5.74, 6) is 1.63. The highest BCUT2D eigenvalue weighted by Crippen LogP contribution is 2.43. The van der Waals surface area contributed by atoms with Crippen molar-refractivity contribution in [3.63, 3.8) is 0 Å². The highest BCUT2D eigenvalue weighted by Gasteiger charge is 2.38. The van der Waals surface area contributed by atoms with Crippen LogP contribution in [0.1, 0.15) is 63.0 Å². The molecular weight excluding hydrogens is 438 g/mol. The van der Waals surface area contributed by atoms with Gasteiger partial charge >= 0.3 is 0 Å². The zero-order valence-corrected chi connectivity index (χ0v) is 20.1. The molecule has 5 nitrogen and oxygen atoms in total. The normalized spacial score (nSPS) is 20.5. The van der Waals surface area contributed by atoms with E-state index in [0.29, 0.717) is 48.3 Å². The molecule has 0 bridgehead atoms. The Bertz CT molecular complexity index is 1070. The second kappa shape index (κ2) is 10.0. The van der Waals surface area contributed by atoms with E-state index in [0.717, 1.165) is 22.6 Å². The summed E-state index contributed by atoms with van der Waals surface area (Å²) in [4.78, 5) is 25.9. The minimum absolute atomic E-state index is 0.0263. The van der Waals surface area contributed by atoms with Crippen molar-refractivity contribution in [2.24, 2.45) is 5.92 Å². The molecule has 4 rings (SSSR count). The van der Waals surface area contributed by atoms with E-state index in [1.54, 1.807) is 0 Å². The van der Waals surface area contributed by atoms with Gasteiger partial charge in [-0.25, -0.2) is 0 Å². The first-order valence-electron chi connectivity index (χ1n) is 11.6. The highest BCUT2D eigenvalue weighted by molar-refractivity contribution is 6.32. The predicted octanol–water partition coefficient (Wildman–Crippen LogP) is 5.78. The van der Waals surface area contributed by atoms with E-state index in [1.807, 2.05) is 49.4 Å².